The average Bonchev–Trinajstić information content (AvgIpc) is 3.88. The molecule has 2 unspecified atom stereocenters. The van der Waals surface area contributed by atoms with Crippen LogP contribution in [0, 0.1) is 0 Å². The summed E-state index contributed by atoms with van der Waals surface area (Å²) >= 11 is 0. The number of rotatable bonds is 8. The van der Waals surface area contributed by atoms with Crippen molar-refractivity contribution < 1.29 is 8.83 Å². The van der Waals surface area contributed by atoms with Gasteiger partial charge in [0.1, 0.15) is 11.5 Å². The molecule has 2 radical (unpaired) electrons. The zero-order valence-electron chi connectivity index (χ0n) is 23.7. The molecule has 2 aliphatic carbocycles. The number of furan rings is 2. The van der Waals surface area contributed by atoms with Crippen molar-refractivity contribution >= 4 is 32.8 Å². The highest BCUT2D eigenvalue weighted by Crippen LogP contribution is 2.50. The summed E-state index contributed by atoms with van der Waals surface area (Å²) in [4.78, 5) is 0. The maximum atomic E-state index is 5.99. The second kappa shape index (κ2) is 11.1. The standard InChI is InChI=1S/C40H30O2Si/c1-3-11-27(12-4-1)29-15-7-17-31-33(29)23-35(39-19-9-21-41-39)37(31)25-43-26-38-32-18-8-16-30(28-13-5-2-6-14-28)34(32)24-36(38)40-20-10-22-42-40/h1-24,37-38H,25-26H2. The van der Waals surface area contributed by atoms with E-state index in [-0.39, 0.29) is 0 Å². The van der Waals surface area contributed by atoms with Crippen LogP contribution >= 0.6 is 0 Å². The Morgan fingerprint density at radius 3 is 1.35 bits per heavy atom. The first kappa shape index (κ1) is 25.8. The van der Waals surface area contributed by atoms with E-state index in [0.717, 1.165) is 33.1 Å². The van der Waals surface area contributed by atoms with E-state index in [1.807, 2.05) is 12.1 Å². The van der Waals surface area contributed by atoms with Crippen LogP contribution in [0.4, 0.5) is 0 Å². The first-order valence-electron chi connectivity index (χ1n) is 14.9. The van der Waals surface area contributed by atoms with Crippen LogP contribution in [-0.2, 0) is 0 Å². The van der Waals surface area contributed by atoms with Crippen molar-refractivity contribution in [2.45, 2.75) is 23.9 Å². The summed E-state index contributed by atoms with van der Waals surface area (Å²) in [7, 11) is 0.767. The monoisotopic (exact) mass is 570 g/mol. The molecule has 0 saturated heterocycles. The molecule has 206 valence electrons. The first-order valence-corrected chi connectivity index (χ1v) is 16.3. The highest BCUT2D eigenvalue weighted by molar-refractivity contribution is 6.37. The van der Waals surface area contributed by atoms with E-state index < -0.39 is 0 Å². The van der Waals surface area contributed by atoms with Crippen molar-refractivity contribution in [1.29, 1.82) is 0 Å². The van der Waals surface area contributed by atoms with Crippen LogP contribution in [-0.4, -0.2) is 9.52 Å². The van der Waals surface area contributed by atoms with E-state index in [4.69, 9.17) is 8.83 Å². The predicted octanol–water partition coefficient (Wildman–Crippen LogP) is 10.7. The van der Waals surface area contributed by atoms with Gasteiger partial charge in [-0.2, -0.15) is 0 Å². The van der Waals surface area contributed by atoms with Crippen molar-refractivity contribution in [1.82, 2.24) is 0 Å². The Balaban J connectivity index is 1.12. The van der Waals surface area contributed by atoms with Crippen LogP contribution in [0.2, 0.25) is 12.1 Å². The minimum absolute atomic E-state index is 0.302. The second-order valence-electron chi connectivity index (χ2n) is 11.3. The molecule has 2 aromatic heterocycles. The van der Waals surface area contributed by atoms with E-state index in [1.165, 1.54) is 55.7 Å². The number of benzene rings is 4. The van der Waals surface area contributed by atoms with Crippen LogP contribution in [0.5, 0.6) is 0 Å². The fourth-order valence-electron chi connectivity index (χ4n) is 6.87. The van der Waals surface area contributed by atoms with E-state index in [9.17, 15) is 0 Å². The summed E-state index contributed by atoms with van der Waals surface area (Å²) in [5, 5.41) is 0. The van der Waals surface area contributed by atoms with Gasteiger partial charge in [-0.3, -0.25) is 0 Å². The van der Waals surface area contributed by atoms with Crippen molar-refractivity contribution in [3.8, 4) is 22.3 Å². The topological polar surface area (TPSA) is 26.3 Å². The van der Waals surface area contributed by atoms with Gasteiger partial charge in [-0.1, -0.05) is 97.1 Å². The summed E-state index contributed by atoms with van der Waals surface area (Å²) in [6.07, 6.45) is 8.32. The highest BCUT2D eigenvalue weighted by atomic mass is 28.2. The summed E-state index contributed by atoms with van der Waals surface area (Å²) in [5.41, 5.74) is 13.1. The van der Waals surface area contributed by atoms with Crippen LogP contribution in [0.1, 0.15) is 45.6 Å². The van der Waals surface area contributed by atoms with Gasteiger partial charge in [-0.25, -0.2) is 0 Å². The molecule has 0 aliphatic heterocycles. The lowest BCUT2D eigenvalue weighted by atomic mass is 9.92. The van der Waals surface area contributed by atoms with Crippen molar-refractivity contribution in [3.05, 3.63) is 168 Å². The molecule has 2 nitrogen and oxygen atoms in total. The van der Waals surface area contributed by atoms with Crippen LogP contribution in [0.15, 0.2) is 143 Å². The third-order valence-corrected chi connectivity index (χ3v) is 10.3. The maximum absolute atomic E-state index is 5.99. The molecule has 2 heterocycles. The van der Waals surface area contributed by atoms with Gasteiger partial charge in [-0.05, 0) is 93.0 Å². The van der Waals surface area contributed by atoms with Crippen LogP contribution in [0.3, 0.4) is 0 Å². The summed E-state index contributed by atoms with van der Waals surface area (Å²) in [6.45, 7) is 0. The average molecular weight is 571 g/mol. The Hall–Kier alpha value is -4.86. The van der Waals surface area contributed by atoms with Gasteiger partial charge in [-0.15, -0.1) is 0 Å². The zero-order chi connectivity index (χ0) is 28.6. The number of allylic oxidation sites excluding steroid dienone is 2. The lowest BCUT2D eigenvalue weighted by Crippen LogP contribution is -2.07. The fourth-order valence-corrected chi connectivity index (χ4v) is 8.49. The van der Waals surface area contributed by atoms with Gasteiger partial charge in [0.05, 0.1) is 12.5 Å². The minimum Gasteiger partial charge on any atom is -0.465 e. The predicted molar refractivity (Wildman–Crippen MR) is 178 cm³/mol. The second-order valence-corrected chi connectivity index (χ2v) is 12.6. The normalized spacial score (nSPS) is 16.9. The smallest absolute Gasteiger partial charge is 0.130 e. The maximum Gasteiger partial charge on any atom is 0.130 e. The number of hydrogen-bond donors (Lipinski definition) is 0. The van der Waals surface area contributed by atoms with Crippen molar-refractivity contribution in [2.75, 3.05) is 0 Å². The van der Waals surface area contributed by atoms with E-state index in [0.29, 0.717) is 11.8 Å². The SMILES string of the molecule is C1=C(c2ccco2)C(C[Si]CC2C(c3ccco3)=Cc3c(-c4ccccc4)cccc32)c2cccc(-c3ccccc3)c21. The van der Waals surface area contributed by atoms with E-state index >= 15 is 0 Å². The molecule has 0 N–H and O–H groups in total. The van der Waals surface area contributed by atoms with Crippen LogP contribution < -0.4 is 0 Å². The lowest BCUT2D eigenvalue weighted by Gasteiger charge is -2.20. The summed E-state index contributed by atoms with van der Waals surface area (Å²) in [6, 6.07) is 45.3. The molecule has 0 saturated carbocycles. The van der Waals surface area contributed by atoms with Gasteiger partial charge in [0.15, 0.2) is 0 Å². The van der Waals surface area contributed by atoms with Crippen molar-refractivity contribution in [3.63, 3.8) is 0 Å². The van der Waals surface area contributed by atoms with E-state index in [1.54, 1.807) is 12.5 Å². The Morgan fingerprint density at radius 2 is 0.930 bits per heavy atom. The largest absolute Gasteiger partial charge is 0.465 e. The third-order valence-electron chi connectivity index (χ3n) is 8.86. The quantitative estimate of drug-likeness (QED) is 0.170. The molecule has 0 spiro atoms. The molecule has 0 bridgehead atoms. The Morgan fingerprint density at radius 1 is 0.465 bits per heavy atom. The molecule has 43 heavy (non-hydrogen) atoms. The molecule has 0 amide bonds. The Kier molecular flexibility index (Phi) is 6.66. The van der Waals surface area contributed by atoms with Gasteiger partial charge in [0, 0.05) is 32.5 Å². The Bertz CT molecular complexity index is 1790. The van der Waals surface area contributed by atoms with Gasteiger partial charge in [0.2, 0.25) is 0 Å². The van der Waals surface area contributed by atoms with Gasteiger partial charge in [0.25, 0.3) is 0 Å². The van der Waals surface area contributed by atoms with Crippen molar-refractivity contribution in [2.24, 2.45) is 0 Å². The zero-order valence-corrected chi connectivity index (χ0v) is 24.7. The Labute approximate surface area is 254 Å². The summed E-state index contributed by atoms with van der Waals surface area (Å²) in [5.74, 6) is 2.55. The third kappa shape index (κ3) is 4.67. The molecular weight excluding hydrogens is 541 g/mol. The molecular formula is C40H30O2Si. The highest BCUT2D eigenvalue weighted by Gasteiger charge is 2.32. The first-order chi connectivity index (χ1) is 21.3. The van der Waals surface area contributed by atoms with Crippen LogP contribution in [0.25, 0.3) is 45.6 Å². The number of fused-ring (bicyclic) bond motifs is 2. The fraction of sp³-hybridized carbons (Fsp3) is 0.100. The summed E-state index contributed by atoms with van der Waals surface area (Å²) < 4.78 is 12.0. The molecule has 2 aliphatic rings. The molecule has 8 rings (SSSR count). The molecule has 6 aromatic rings. The number of hydrogen-bond acceptors (Lipinski definition) is 2. The van der Waals surface area contributed by atoms with E-state index in [2.05, 4.69) is 121 Å². The van der Waals surface area contributed by atoms with Gasteiger partial charge < -0.3 is 8.83 Å². The molecule has 0 fully saturated rings. The molecule has 3 heteroatoms. The molecule has 4 aromatic carbocycles. The minimum atomic E-state index is 0.302. The lowest BCUT2D eigenvalue weighted by molar-refractivity contribution is 0.549. The van der Waals surface area contributed by atoms with Gasteiger partial charge >= 0.3 is 0 Å². The molecule has 2 atom stereocenters.